The molecular weight excluding hydrogens is 212 g/mol. The van der Waals surface area contributed by atoms with Crippen LogP contribution in [0, 0.1) is 11.6 Å². The molecule has 1 aromatic rings. The lowest BCUT2D eigenvalue weighted by Crippen LogP contribution is -2.32. The molecule has 1 N–H and O–H groups in total. The van der Waals surface area contributed by atoms with E-state index in [0.29, 0.717) is 0 Å². The first kappa shape index (κ1) is 12.6. The molecule has 1 rings (SSSR count). The van der Waals surface area contributed by atoms with Gasteiger partial charge in [0.05, 0.1) is 0 Å². The molecule has 0 saturated heterocycles. The fourth-order valence-corrected chi connectivity index (χ4v) is 1.50. The number of halogens is 2. The molecule has 1 atom stereocenters. The van der Waals surface area contributed by atoms with Gasteiger partial charge in [-0.2, -0.15) is 0 Å². The second-order valence-electron chi connectivity index (χ2n) is 3.82. The van der Waals surface area contributed by atoms with E-state index < -0.39 is 17.5 Å². The molecule has 16 heavy (non-hydrogen) atoms. The van der Waals surface area contributed by atoms with Crippen molar-refractivity contribution in [3.05, 3.63) is 35.4 Å². The summed E-state index contributed by atoms with van der Waals surface area (Å²) < 4.78 is 25.7. The van der Waals surface area contributed by atoms with E-state index in [9.17, 15) is 13.6 Å². The van der Waals surface area contributed by atoms with Crippen LogP contribution in [-0.4, -0.2) is 11.9 Å². The molecule has 0 fully saturated rings. The van der Waals surface area contributed by atoms with Crippen LogP contribution in [0.4, 0.5) is 8.78 Å². The summed E-state index contributed by atoms with van der Waals surface area (Å²) in [6.07, 6.45) is 1.78. The van der Waals surface area contributed by atoms with Gasteiger partial charge in [-0.25, -0.2) is 8.78 Å². The van der Waals surface area contributed by atoms with Crippen LogP contribution in [0.5, 0.6) is 0 Å². The van der Waals surface area contributed by atoms with Gasteiger partial charge in [-0.3, -0.25) is 4.79 Å². The van der Waals surface area contributed by atoms with Gasteiger partial charge in [0.2, 0.25) is 0 Å². The van der Waals surface area contributed by atoms with Gasteiger partial charge in [-0.15, -0.1) is 0 Å². The van der Waals surface area contributed by atoms with E-state index in [4.69, 9.17) is 0 Å². The fraction of sp³-hybridized carbons (Fsp3) is 0.417. The van der Waals surface area contributed by atoms with Crippen molar-refractivity contribution in [2.75, 3.05) is 0 Å². The van der Waals surface area contributed by atoms with Gasteiger partial charge in [0.15, 0.2) is 0 Å². The third-order valence-electron chi connectivity index (χ3n) is 2.22. The first-order valence-corrected chi connectivity index (χ1v) is 5.30. The van der Waals surface area contributed by atoms with Crippen LogP contribution in [0.1, 0.15) is 37.0 Å². The van der Waals surface area contributed by atoms with Crippen molar-refractivity contribution < 1.29 is 13.6 Å². The Bertz CT molecular complexity index is 359. The minimum atomic E-state index is -0.742. The van der Waals surface area contributed by atoms with Crippen LogP contribution in [0.15, 0.2) is 18.2 Å². The highest BCUT2D eigenvalue weighted by Gasteiger charge is 2.11. The Hall–Kier alpha value is -1.45. The van der Waals surface area contributed by atoms with E-state index in [1.54, 1.807) is 0 Å². The number of rotatable bonds is 4. The largest absolute Gasteiger partial charge is 0.350 e. The van der Waals surface area contributed by atoms with Gasteiger partial charge in [0, 0.05) is 17.7 Å². The summed E-state index contributed by atoms with van der Waals surface area (Å²) in [5.74, 6) is -1.93. The van der Waals surface area contributed by atoms with Crippen molar-refractivity contribution in [1.29, 1.82) is 0 Å². The summed E-state index contributed by atoms with van der Waals surface area (Å²) in [5.41, 5.74) is 0.0143. The summed E-state index contributed by atoms with van der Waals surface area (Å²) >= 11 is 0. The molecule has 0 saturated carbocycles. The highest BCUT2D eigenvalue weighted by molar-refractivity contribution is 5.94. The molecule has 0 aliphatic rings. The van der Waals surface area contributed by atoms with Crippen molar-refractivity contribution in [2.24, 2.45) is 0 Å². The molecule has 1 aromatic carbocycles. The maximum Gasteiger partial charge on any atom is 0.251 e. The Morgan fingerprint density at radius 1 is 1.31 bits per heavy atom. The fourth-order valence-electron chi connectivity index (χ4n) is 1.50. The van der Waals surface area contributed by atoms with E-state index in [-0.39, 0.29) is 11.6 Å². The third kappa shape index (κ3) is 3.61. The Kier molecular flexibility index (Phi) is 4.40. The van der Waals surface area contributed by atoms with Crippen molar-refractivity contribution in [3.63, 3.8) is 0 Å². The quantitative estimate of drug-likeness (QED) is 0.841. The van der Waals surface area contributed by atoms with Crippen LogP contribution < -0.4 is 5.32 Å². The molecule has 88 valence electrons. The smallest absolute Gasteiger partial charge is 0.251 e. The van der Waals surface area contributed by atoms with E-state index in [1.165, 1.54) is 0 Å². The van der Waals surface area contributed by atoms with E-state index in [0.717, 1.165) is 31.0 Å². The van der Waals surface area contributed by atoms with Crippen LogP contribution in [-0.2, 0) is 0 Å². The zero-order valence-corrected chi connectivity index (χ0v) is 9.39. The first-order chi connectivity index (χ1) is 7.52. The van der Waals surface area contributed by atoms with Crippen molar-refractivity contribution in [1.82, 2.24) is 5.32 Å². The summed E-state index contributed by atoms with van der Waals surface area (Å²) in [7, 11) is 0. The molecule has 0 aromatic heterocycles. The molecule has 0 unspecified atom stereocenters. The third-order valence-corrected chi connectivity index (χ3v) is 2.22. The van der Waals surface area contributed by atoms with Crippen molar-refractivity contribution in [3.8, 4) is 0 Å². The zero-order valence-electron chi connectivity index (χ0n) is 9.39. The van der Waals surface area contributed by atoms with Gasteiger partial charge >= 0.3 is 0 Å². The van der Waals surface area contributed by atoms with Gasteiger partial charge in [-0.05, 0) is 25.5 Å². The van der Waals surface area contributed by atoms with Gasteiger partial charge in [-0.1, -0.05) is 13.3 Å². The summed E-state index contributed by atoms with van der Waals surface area (Å²) in [6.45, 7) is 3.86. The normalized spacial score (nSPS) is 12.2. The number of nitrogens with one attached hydrogen (secondary N) is 1. The van der Waals surface area contributed by atoms with Crippen LogP contribution in [0.3, 0.4) is 0 Å². The lowest BCUT2D eigenvalue weighted by Gasteiger charge is -2.12. The van der Waals surface area contributed by atoms with Gasteiger partial charge in [0.1, 0.15) is 11.6 Å². The maximum absolute atomic E-state index is 12.9. The number of hydrogen-bond donors (Lipinski definition) is 1. The van der Waals surface area contributed by atoms with Crippen LogP contribution in [0.25, 0.3) is 0 Å². The number of hydrogen-bond acceptors (Lipinski definition) is 1. The summed E-state index contributed by atoms with van der Waals surface area (Å²) in [6, 6.07) is 2.80. The average molecular weight is 227 g/mol. The molecule has 0 spiro atoms. The van der Waals surface area contributed by atoms with Crippen molar-refractivity contribution >= 4 is 5.91 Å². The van der Waals surface area contributed by atoms with Crippen molar-refractivity contribution in [2.45, 2.75) is 32.7 Å². The Morgan fingerprint density at radius 3 is 2.38 bits per heavy atom. The van der Waals surface area contributed by atoms with E-state index in [2.05, 4.69) is 5.32 Å². The monoisotopic (exact) mass is 227 g/mol. The molecular formula is C12H15F2NO. The topological polar surface area (TPSA) is 29.1 Å². The van der Waals surface area contributed by atoms with Gasteiger partial charge in [0.25, 0.3) is 5.91 Å². The molecule has 0 radical (unpaired) electrons. The molecule has 4 heteroatoms. The van der Waals surface area contributed by atoms with Crippen LogP contribution in [0.2, 0.25) is 0 Å². The number of carbonyl (C=O) groups excluding carboxylic acids is 1. The first-order valence-electron chi connectivity index (χ1n) is 5.30. The predicted octanol–water partition coefficient (Wildman–Crippen LogP) is 2.88. The molecule has 0 bridgehead atoms. The minimum absolute atomic E-state index is 0.00354. The predicted molar refractivity (Wildman–Crippen MR) is 58.2 cm³/mol. The molecule has 0 heterocycles. The van der Waals surface area contributed by atoms with Gasteiger partial charge < -0.3 is 5.32 Å². The number of benzene rings is 1. The average Bonchev–Trinajstić information content (AvgIpc) is 2.16. The lowest BCUT2D eigenvalue weighted by molar-refractivity contribution is 0.0937. The summed E-state index contributed by atoms with van der Waals surface area (Å²) in [4.78, 5) is 11.6. The SMILES string of the molecule is CCC[C@H](C)NC(=O)c1cc(F)cc(F)c1. The van der Waals surface area contributed by atoms with E-state index in [1.807, 2.05) is 13.8 Å². The maximum atomic E-state index is 12.9. The highest BCUT2D eigenvalue weighted by Crippen LogP contribution is 2.08. The van der Waals surface area contributed by atoms with E-state index >= 15 is 0 Å². The number of amides is 1. The number of carbonyl (C=O) groups is 1. The molecule has 1 amide bonds. The molecule has 2 nitrogen and oxygen atoms in total. The minimum Gasteiger partial charge on any atom is -0.350 e. The standard InChI is InChI=1S/C12H15F2NO/c1-3-4-8(2)15-12(16)9-5-10(13)7-11(14)6-9/h5-8H,3-4H2,1-2H3,(H,15,16)/t8-/m0/s1. The molecule has 0 aliphatic heterocycles. The lowest BCUT2D eigenvalue weighted by atomic mass is 10.1. The Labute approximate surface area is 93.7 Å². The van der Waals surface area contributed by atoms with Crippen LogP contribution >= 0.6 is 0 Å². The Balaban J connectivity index is 2.72. The molecule has 0 aliphatic carbocycles. The zero-order chi connectivity index (χ0) is 12.1. The second kappa shape index (κ2) is 5.58. The Morgan fingerprint density at radius 2 is 1.88 bits per heavy atom. The summed E-state index contributed by atoms with van der Waals surface area (Å²) in [5, 5.41) is 2.68. The second-order valence-corrected chi connectivity index (χ2v) is 3.82. The highest BCUT2D eigenvalue weighted by atomic mass is 19.1.